The Morgan fingerprint density at radius 1 is 1.33 bits per heavy atom. The average Bonchev–Trinajstić information content (AvgIpc) is 3.00. The zero-order valence-electron chi connectivity index (χ0n) is 10.4. The number of nitrogens with zero attached hydrogens (tertiary/aromatic N) is 3. The van der Waals surface area contributed by atoms with Crippen LogP contribution in [0.25, 0.3) is 0 Å². The molecule has 0 spiro atoms. The van der Waals surface area contributed by atoms with Gasteiger partial charge < -0.3 is 9.47 Å². The van der Waals surface area contributed by atoms with E-state index in [4.69, 9.17) is 9.47 Å². The van der Waals surface area contributed by atoms with Crippen LogP contribution in [0.1, 0.15) is 5.56 Å². The quantitative estimate of drug-likeness (QED) is 0.367. The highest BCUT2D eigenvalue weighted by molar-refractivity contribution is 6.02. The van der Waals surface area contributed by atoms with Gasteiger partial charge >= 0.3 is 6.03 Å². The lowest BCUT2D eigenvalue weighted by Gasteiger charge is -2.05. The van der Waals surface area contributed by atoms with Gasteiger partial charge in [-0.2, -0.15) is 5.10 Å². The maximum absolute atomic E-state index is 11.3. The molecule has 10 nitrogen and oxygen atoms in total. The van der Waals surface area contributed by atoms with Gasteiger partial charge in [0, 0.05) is 0 Å². The van der Waals surface area contributed by atoms with E-state index in [0.717, 1.165) is 11.2 Å². The summed E-state index contributed by atoms with van der Waals surface area (Å²) in [6.45, 7) is -0.246. The standard InChI is InChI=1S/C11H8N4O6/c16-10-4-14(11(17)13-10)12-3-6-1-8-9(21-5-20-8)2-7(6)15(18)19/h1-3H,4-5H2,(H,13,16,17)/b12-3-. The third-order valence-corrected chi connectivity index (χ3v) is 2.83. The molecule has 0 saturated carbocycles. The summed E-state index contributed by atoms with van der Waals surface area (Å²) in [5, 5.41) is 17.7. The van der Waals surface area contributed by atoms with Crippen molar-refractivity contribution in [2.75, 3.05) is 13.3 Å². The second-order valence-corrected chi connectivity index (χ2v) is 4.18. The molecule has 0 aromatic heterocycles. The van der Waals surface area contributed by atoms with E-state index in [9.17, 15) is 19.7 Å². The molecule has 3 rings (SSSR count). The maximum Gasteiger partial charge on any atom is 0.344 e. The van der Waals surface area contributed by atoms with E-state index in [2.05, 4.69) is 5.10 Å². The number of urea groups is 1. The topological polar surface area (TPSA) is 123 Å². The molecule has 0 radical (unpaired) electrons. The van der Waals surface area contributed by atoms with E-state index in [1.54, 1.807) is 0 Å². The Hall–Kier alpha value is -3.17. The molecule has 2 aliphatic heterocycles. The predicted molar refractivity (Wildman–Crippen MR) is 67.1 cm³/mol. The summed E-state index contributed by atoms with van der Waals surface area (Å²) in [6, 6.07) is 1.93. The number of imide groups is 1. The highest BCUT2D eigenvalue weighted by atomic mass is 16.7. The van der Waals surface area contributed by atoms with E-state index in [1.807, 2.05) is 5.32 Å². The molecule has 1 aromatic rings. The summed E-state index contributed by atoms with van der Waals surface area (Å²) >= 11 is 0. The summed E-state index contributed by atoms with van der Waals surface area (Å²) in [4.78, 5) is 32.8. The molecule has 2 aliphatic rings. The third-order valence-electron chi connectivity index (χ3n) is 2.83. The predicted octanol–water partition coefficient (Wildman–Crippen LogP) is 0.209. The van der Waals surface area contributed by atoms with Crippen LogP contribution in [0.15, 0.2) is 17.2 Å². The SMILES string of the molecule is O=C1CN(/N=C\c2cc3c(cc2[N+](=O)[O-])OCO3)C(=O)N1. The minimum Gasteiger partial charge on any atom is -0.454 e. The van der Waals surface area contributed by atoms with Crippen molar-refractivity contribution in [3.05, 3.63) is 27.8 Å². The van der Waals surface area contributed by atoms with Crippen molar-refractivity contribution in [3.63, 3.8) is 0 Å². The van der Waals surface area contributed by atoms with E-state index in [0.29, 0.717) is 5.75 Å². The Kier molecular flexibility index (Phi) is 2.90. The number of carbonyl (C=O) groups excluding carboxylic acids is 2. The number of nitro groups is 1. The number of carbonyl (C=O) groups is 2. The Labute approximate surface area is 117 Å². The van der Waals surface area contributed by atoms with Crippen molar-refractivity contribution < 1.29 is 24.0 Å². The van der Waals surface area contributed by atoms with Crippen LogP contribution in [0, 0.1) is 10.1 Å². The summed E-state index contributed by atoms with van der Waals surface area (Å²) in [5.41, 5.74) is -0.106. The largest absolute Gasteiger partial charge is 0.454 e. The fourth-order valence-corrected chi connectivity index (χ4v) is 1.86. The molecule has 108 valence electrons. The molecule has 10 heteroatoms. The lowest BCUT2D eigenvalue weighted by Crippen LogP contribution is -2.24. The first-order valence-corrected chi connectivity index (χ1v) is 5.78. The number of hydrogen-bond donors (Lipinski definition) is 1. The van der Waals surface area contributed by atoms with Crippen LogP contribution in [0.4, 0.5) is 10.5 Å². The number of nitro benzene ring substituents is 1. The second-order valence-electron chi connectivity index (χ2n) is 4.18. The van der Waals surface area contributed by atoms with Crippen molar-refractivity contribution >= 4 is 23.8 Å². The van der Waals surface area contributed by atoms with Gasteiger partial charge in [0.05, 0.1) is 22.8 Å². The van der Waals surface area contributed by atoms with E-state index in [1.165, 1.54) is 12.1 Å². The number of fused-ring (bicyclic) bond motifs is 1. The van der Waals surface area contributed by atoms with Crippen molar-refractivity contribution in [3.8, 4) is 11.5 Å². The Morgan fingerprint density at radius 2 is 2.05 bits per heavy atom. The lowest BCUT2D eigenvalue weighted by molar-refractivity contribution is -0.385. The molecule has 1 N–H and O–H groups in total. The van der Waals surface area contributed by atoms with Crippen molar-refractivity contribution in [1.29, 1.82) is 0 Å². The number of hydrogen-bond acceptors (Lipinski definition) is 7. The van der Waals surface area contributed by atoms with Gasteiger partial charge in [0.2, 0.25) is 12.7 Å². The molecule has 1 aromatic carbocycles. The molecule has 1 fully saturated rings. The Bertz CT molecular complexity index is 686. The van der Waals surface area contributed by atoms with Crippen LogP contribution >= 0.6 is 0 Å². The molecule has 2 heterocycles. The molecule has 21 heavy (non-hydrogen) atoms. The molecular weight excluding hydrogens is 284 g/mol. The lowest BCUT2D eigenvalue weighted by atomic mass is 10.1. The molecule has 0 atom stereocenters. The monoisotopic (exact) mass is 292 g/mol. The summed E-state index contributed by atoms with van der Waals surface area (Å²) in [7, 11) is 0. The van der Waals surface area contributed by atoms with Crippen molar-refractivity contribution in [2.45, 2.75) is 0 Å². The second kappa shape index (κ2) is 4.74. The highest BCUT2D eigenvalue weighted by Crippen LogP contribution is 2.37. The van der Waals surface area contributed by atoms with Crippen molar-refractivity contribution in [1.82, 2.24) is 10.3 Å². The fraction of sp³-hybridized carbons (Fsp3) is 0.182. The summed E-state index contributed by atoms with van der Waals surface area (Å²) in [6.07, 6.45) is 1.12. The van der Waals surface area contributed by atoms with E-state index < -0.39 is 16.9 Å². The van der Waals surface area contributed by atoms with Crippen LogP contribution in [-0.2, 0) is 4.79 Å². The van der Waals surface area contributed by atoms with Crippen LogP contribution in [0.3, 0.4) is 0 Å². The number of ether oxygens (including phenoxy) is 2. The number of amides is 3. The van der Waals surface area contributed by atoms with Crippen LogP contribution < -0.4 is 14.8 Å². The Morgan fingerprint density at radius 3 is 2.67 bits per heavy atom. The molecule has 0 unspecified atom stereocenters. The summed E-state index contributed by atoms with van der Waals surface area (Å²) in [5.74, 6) is 0.134. The van der Waals surface area contributed by atoms with Gasteiger partial charge in [-0.25, -0.2) is 9.80 Å². The zero-order chi connectivity index (χ0) is 15.0. The minimum atomic E-state index is -0.681. The average molecular weight is 292 g/mol. The number of rotatable bonds is 3. The number of benzene rings is 1. The van der Waals surface area contributed by atoms with Crippen molar-refractivity contribution in [2.24, 2.45) is 5.10 Å². The fourth-order valence-electron chi connectivity index (χ4n) is 1.86. The number of hydrazone groups is 1. The first-order chi connectivity index (χ1) is 10.0. The zero-order valence-corrected chi connectivity index (χ0v) is 10.4. The molecule has 3 amide bonds. The smallest absolute Gasteiger partial charge is 0.344 e. The number of nitrogens with one attached hydrogen (secondary N) is 1. The highest BCUT2D eigenvalue weighted by Gasteiger charge is 2.27. The van der Waals surface area contributed by atoms with Gasteiger partial charge in [-0.3, -0.25) is 20.2 Å². The molecule has 0 bridgehead atoms. The maximum atomic E-state index is 11.3. The van der Waals surface area contributed by atoms with Gasteiger partial charge in [0.25, 0.3) is 5.69 Å². The van der Waals surface area contributed by atoms with E-state index >= 15 is 0 Å². The van der Waals surface area contributed by atoms with Gasteiger partial charge in [-0.1, -0.05) is 0 Å². The molecule has 0 aliphatic carbocycles. The van der Waals surface area contributed by atoms with Crippen LogP contribution in [0.2, 0.25) is 0 Å². The molecule has 1 saturated heterocycles. The molecular formula is C11H8N4O6. The third kappa shape index (κ3) is 2.33. The Balaban J connectivity index is 1.92. The van der Waals surface area contributed by atoms with Gasteiger partial charge in [0.15, 0.2) is 11.5 Å². The normalized spacial score (nSPS) is 16.7. The van der Waals surface area contributed by atoms with Crippen LogP contribution in [0.5, 0.6) is 11.5 Å². The van der Waals surface area contributed by atoms with E-state index in [-0.39, 0.29) is 30.3 Å². The first kappa shape index (κ1) is 12.8. The van der Waals surface area contributed by atoms with Gasteiger partial charge in [0.1, 0.15) is 6.54 Å². The van der Waals surface area contributed by atoms with Gasteiger partial charge in [-0.15, -0.1) is 0 Å². The van der Waals surface area contributed by atoms with Gasteiger partial charge in [-0.05, 0) is 6.07 Å². The van der Waals surface area contributed by atoms with Crippen LogP contribution in [-0.4, -0.2) is 41.4 Å². The minimum absolute atomic E-state index is 0.0177. The first-order valence-electron chi connectivity index (χ1n) is 5.78. The summed E-state index contributed by atoms with van der Waals surface area (Å²) < 4.78 is 10.2.